The molecule has 3 aromatic rings. The first-order valence-corrected chi connectivity index (χ1v) is 8.69. The highest BCUT2D eigenvalue weighted by molar-refractivity contribution is 7.99. The summed E-state index contributed by atoms with van der Waals surface area (Å²) in [5, 5.41) is 0.621. The van der Waals surface area contributed by atoms with Crippen LogP contribution in [0.2, 0.25) is 5.02 Å². The summed E-state index contributed by atoms with van der Waals surface area (Å²) in [6.45, 7) is 1.51. The van der Waals surface area contributed by atoms with Crippen LogP contribution in [0.3, 0.4) is 0 Å². The fraction of sp³-hybridized carbons (Fsp3) is 0.176. The van der Waals surface area contributed by atoms with Crippen LogP contribution in [0.25, 0.3) is 16.6 Å². The smallest absolute Gasteiger partial charge is 0.268 e. The first kappa shape index (κ1) is 18.7. The molecule has 0 fully saturated rings. The van der Waals surface area contributed by atoms with Crippen LogP contribution in [-0.4, -0.2) is 21.5 Å². The van der Waals surface area contributed by atoms with E-state index in [4.69, 9.17) is 11.6 Å². The molecule has 26 heavy (non-hydrogen) atoms. The molecule has 0 unspecified atom stereocenters. The van der Waals surface area contributed by atoms with E-state index in [0.717, 1.165) is 17.0 Å². The molecule has 0 aliphatic heterocycles. The van der Waals surface area contributed by atoms with E-state index in [9.17, 15) is 22.4 Å². The van der Waals surface area contributed by atoms with Gasteiger partial charge in [-0.3, -0.25) is 9.36 Å². The predicted octanol–water partition coefficient (Wildman–Crippen LogP) is 5.14. The molecule has 0 amide bonds. The zero-order chi connectivity index (χ0) is 19.1. The molecule has 9 heteroatoms. The van der Waals surface area contributed by atoms with Crippen molar-refractivity contribution in [2.75, 3.05) is 5.75 Å². The SMILES string of the molecule is Cc1cc(F)c(-n2cnc3cc(Cl)ccc3c2=O)cc1SCC(F)(F)F. The third-order valence-corrected chi connectivity index (χ3v) is 5.07. The Bertz CT molecular complexity index is 1050. The summed E-state index contributed by atoms with van der Waals surface area (Å²) in [6, 6.07) is 6.81. The van der Waals surface area contributed by atoms with Gasteiger partial charge in [0.05, 0.1) is 22.3 Å². The van der Waals surface area contributed by atoms with Crippen molar-refractivity contribution >= 4 is 34.3 Å². The molecule has 0 spiro atoms. The number of benzene rings is 2. The van der Waals surface area contributed by atoms with Gasteiger partial charge in [0.1, 0.15) is 12.1 Å². The second kappa shape index (κ2) is 6.92. The molecule has 2 aromatic carbocycles. The minimum Gasteiger partial charge on any atom is -0.268 e. The standard InChI is InChI=1S/C17H11ClF4N2OS/c1-9-4-12(19)14(6-15(9)26-7-17(20,21)22)24-8-23-13-5-10(18)2-3-11(13)16(24)25/h2-6,8H,7H2,1H3. The summed E-state index contributed by atoms with van der Waals surface area (Å²) in [7, 11) is 0. The third-order valence-electron chi connectivity index (χ3n) is 3.62. The van der Waals surface area contributed by atoms with Gasteiger partial charge in [0, 0.05) is 9.92 Å². The summed E-state index contributed by atoms with van der Waals surface area (Å²) in [6.07, 6.45) is -3.22. The lowest BCUT2D eigenvalue weighted by Crippen LogP contribution is -2.20. The second-order valence-electron chi connectivity index (χ2n) is 5.55. The molecular weight excluding hydrogens is 392 g/mol. The molecule has 3 rings (SSSR count). The molecule has 0 aliphatic rings. The van der Waals surface area contributed by atoms with E-state index >= 15 is 0 Å². The number of halogens is 5. The highest BCUT2D eigenvalue weighted by Crippen LogP contribution is 2.31. The van der Waals surface area contributed by atoms with Gasteiger partial charge in [-0.25, -0.2) is 9.37 Å². The maximum Gasteiger partial charge on any atom is 0.398 e. The number of hydrogen-bond donors (Lipinski definition) is 0. The maximum absolute atomic E-state index is 14.4. The highest BCUT2D eigenvalue weighted by atomic mass is 35.5. The molecule has 0 saturated carbocycles. The fourth-order valence-corrected chi connectivity index (χ4v) is 3.38. The zero-order valence-corrected chi connectivity index (χ0v) is 14.8. The van der Waals surface area contributed by atoms with Crippen molar-refractivity contribution in [2.45, 2.75) is 18.0 Å². The Hall–Kier alpha value is -2.06. The number of thioether (sulfide) groups is 1. The molecule has 1 heterocycles. The van der Waals surface area contributed by atoms with Gasteiger partial charge in [0.15, 0.2) is 0 Å². The summed E-state index contributed by atoms with van der Waals surface area (Å²) >= 11 is 6.40. The van der Waals surface area contributed by atoms with Crippen molar-refractivity contribution in [3.63, 3.8) is 0 Å². The fourth-order valence-electron chi connectivity index (χ4n) is 2.41. The Morgan fingerprint density at radius 3 is 2.65 bits per heavy atom. The Balaban J connectivity index is 2.11. The Kier molecular flexibility index (Phi) is 4.98. The molecule has 136 valence electrons. The second-order valence-corrected chi connectivity index (χ2v) is 7.01. The van der Waals surface area contributed by atoms with Crippen molar-refractivity contribution in [3.8, 4) is 5.69 Å². The Morgan fingerprint density at radius 1 is 1.23 bits per heavy atom. The minimum atomic E-state index is -4.35. The molecular formula is C17H11ClF4N2OS. The minimum absolute atomic E-state index is 0.158. The number of rotatable bonds is 3. The van der Waals surface area contributed by atoms with Crippen LogP contribution in [0.15, 0.2) is 46.3 Å². The van der Waals surface area contributed by atoms with Crippen molar-refractivity contribution in [2.24, 2.45) is 0 Å². The van der Waals surface area contributed by atoms with Crippen LogP contribution < -0.4 is 5.56 Å². The van der Waals surface area contributed by atoms with Crippen LogP contribution in [0.5, 0.6) is 0 Å². The number of aryl methyl sites for hydroxylation is 1. The van der Waals surface area contributed by atoms with Gasteiger partial charge in [-0.05, 0) is 42.8 Å². The molecule has 0 atom stereocenters. The Morgan fingerprint density at radius 2 is 1.96 bits per heavy atom. The lowest BCUT2D eigenvalue weighted by Gasteiger charge is -2.13. The van der Waals surface area contributed by atoms with Crippen LogP contribution in [0.1, 0.15) is 5.56 Å². The van der Waals surface area contributed by atoms with E-state index < -0.39 is 23.3 Å². The van der Waals surface area contributed by atoms with E-state index in [1.165, 1.54) is 31.2 Å². The number of alkyl halides is 3. The summed E-state index contributed by atoms with van der Waals surface area (Å²) in [5.74, 6) is -1.83. The number of aromatic nitrogens is 2. The molecule has 0 bridgehead atoms. The molecule has 1 aromatic heterocycles. The summed E-state index contributed by atoms with van der Waals surface area (Å²) in [5.41, 5.74) is 0.00262. The van der Waals surface area contributed by atoms with Gasteiger partial charge in [0.25, 0.3) is 5.56 Å². The average Bonchev–Trinajstić information content (AvgIpc) is 2.54. The van der Waals surface area contributed by atoms with Crippen LogP contribution >= 0.6 is 23.4 Å². The molecule has 0 saturated heterocycles. The molecule has 0 radical (unpaired) electrons. The quantitative estimate of drug-likeness (QED) is 0.449. The lowest BCUT2D eigenvalue weighted by molar-refractivity contribution is -0.105. The lowest BCUT2D eigenvalue weighted by atomic mass is 10.2. The van der Waals surface area contributed by atoms with Gasteiger partial charge in [0.2, 0.25) is 0 Å². The van der Waals surface area contributed by atoms with Gasteiger partial charge in [-0.1, -0.05) is 11.6 Å². The number of fused-ring (bicyclic) bond motifs is 1. The van der Waals surface area contributed by atoms with E-state index in [-0.39, 0.29) is 16.0 Å². The van der Waals surface area contributed by atoms with Crippen molar-refractivity contribution in [3.05, 3.63) is 63.4 Å². The van der Waals surface area contributed by atoms with Crippen LogP contribution in [-0.2, 0) is 0 Å². The maximum atomic E-state index is 14.4. The number of hydrogen-bond acceptors (Lipinski definition) is 3. The monoisotopic (exact) mass is 402 g/mol. The zero-order valence-electron chi connectivity index (χ0n) is 13.3. The molecule has 0 N–H and O–H groups in total. The number of nitrogens with zero attached hydrogens (tertiary/aromatic N) is 2. The van der Waals surface area contributed by atoms with Crippen LogP contribution in [0.4, 0.5) is 17.6 Å². The molecule has 0 aliphatic carbocycles. The van der Waals surface area contributed by atoms with E-state index in [1.807, 2.05) is 0 Å². The highest BCUT2D eigenvalue weighted by Gasteiger charge is 2.28. The van der Waals surface area contributed by atoms with Crippen molar-refractivity contribution in [1.29, 1.82) is 0 Å². The van der Waals surface area contributed by atoms with Gasteiger partial charge < -0.3 is 0 Å². The van der Waals surface area contributed by atoms with Gasteiger partial charge >= 0.3 is 6.18 Å². The largest absolute Gasteiger partial charge is 0.398 e. The van der Waals surface area contributed by atoms with Gasteiger partial charge in [-0.15, -0.1) is 11.8 Å². The first-order valence-electron chi connectivity index (χ1n) is 7.33. The predicted molar refractivity (Wildman–Crippen MR) is 93.8 cm³/mol. The topological polar surface area (TPSA) is 34.9 Å². The first-order chi connectivity index (χ1) is 12.2. The normalized spacial score (nSPS) is 11.9. The third kappa shape index (κ3) is 3.86. The summed E-state index contributed by atoms with van der Waals surface area (Å²) < 4.78 is 52.8. The van der Waals surface area contributed by atoms with E-state index in [0.29, 0.717) is 27.9 Å². The van der Waals surface area contributed by atoms with Crippen molar-refractivity contribution in [1.82, 2.24) is 9.55 Å². The van der Waals surface area contributed by atoms with Gasteiger partial charge in [-0.2, -0.15) is 13.2 Å². The van der Waals surface area contributed by atoms with Crippen LogP contribution in [0, 0.1) is 12.7 Å². The van der Waals surface area contributed by atoms with E-state index in [1.54, 1.807) is 0 Å². The average molecular weight is 403 g/mol. The summed E-state index contributed by atoms with van der Waals surface area (Å²) in [4.78, 5) is 17.0. The van der Waals surface area contributed by atoms with E-state index in [2.05, 4.69) is 4.98 Å². The Labute approximate surface area is 154 Å². The molecule has 3 nitrogen and oxygen atoms in total. The van der Waals surface area contributed by atoms with Crippen molar-refractivity contribution < 1.29 is 17.6 Å².